The molecule has 0 aliphatic carbocycles. The molecule has 0 saturated carbocycles. The molecule has 0 aromatic rings. The van der Waals surface area contributed by atoms with Crippen LogP contribution in [0.2, 0.25) is 0 Å². The zero-order valence-corrected chi connectivity index (χ0v) is 8.52. The van der Waals surface area contributed by atoms with E-state index < -0.39 is 10.8 Å². The van der Waals surface area contributed by atoms with E-state index in [1.54, 1.807) is 4.90 Å². The van der Waals surface area contributed by atoms with Crippen LogP contribution in [0.1, 0.15) is 12.8 Å². The van der Waals surface area contributed by atoms with Gasteiger partial charge in [-0.3, -0.25) is 9.00 Å². The van der Waals surface area contributed by atoms with E-state index in [2.05, 4.69) is 0 Å². The van der Waals surface area contributed by atoms with Gasteiger partial charge in [0.15, 0.2) is 0 Å². The lowest BCUT2D eigenvalue weighted by Crippen LogP contribution is -2.32. The van der Waals surface area contributed by atoms with Gasteiger partial charge in [0.25, 0.3) is 0 Å². The van der Waals surface area contributed by atoms with Crippen LogP contribution in [0.25, 0.3) is 0 Å². The van der Waals surface area contributed by atoms with Gasteiger partial charge in [0.1, 0.15) is 5.75 Å². The molecule has 1 heterocycles. The first kappa shape index (κ1) is 10.7. The molecule has 0 radical (unpaired) electrons. The second-order valence-electron chi connectivity index (χ2n) is 3.16. The number of rotatable bonds is 4. The summed E-state index contributed by atoms with van der Waals surface area (Å²) in [6, 6.07) is 0. The predicted molar refractivity (Wildman–Crippen MR) is 52.7 cm³/mol. The van der Waals surface area contributed by atoms with Crippen molar-refractivity contribution in [2.75, 3.05) is 31.1 Å². The van der Waals surface area contributed by atoms with Crippen molar-refractivity contribution in [3.63, 3.8) is 0 Å². The Labute approximate surface area is 80.9 Å². The zero-order chi connectivity index (χ0) is 9.68. The lowest BCUT2D eigenvalue weighted by Gasteiger charge is -2.14. The van der Waals surface area contributed by atoms with Gasteiger partial charge in [0.05, 0.1) is 0 Å². The molecule has 0 spiro atoms. The number of hydrogen-bond donors (Lipinski definition) is 1. The Bertz CT molecular complexity index is 202. The van der Waals surface area contributed by atoms with Crippen molar-refractivity contribution in [3.8, 4) is 0 Å². The van der Waals surface area contributed by atoms with Crippen LogP contribution >= 0.6 is 0 Å². The lowest BCUT2D eigenvalue weighted by molar-refractivity contribution is -0.127. The highest BCUT2D eigenvalue weighted by molar-refractivity contribution is 7.85. The summed E-state index contributed by atoms with van der Waals surface area (Å²) in [5.41, 5.74) is 5.24. The van der Waals surface area contributed by atoms with Gasteiger partial charge in [-0.25, -0.2) is 0 Å². The van der Waals surface area contributed by atoms with E-state index in [0.29, 0.717) is 12.3 Å². The molecule has 1 amide bonds. The molecule has 0 bridgehead atoms. The van der Waals surface area contributed by atoms with Crippen molar-refractivity contribution in [2.24, 2.45) is 5.73 Å². The van der Waals surface area contributed by atoms with E-state index in [9.17, 15) is 9.00 Å². The van der Waals surface area contributed by atoms with Gasteiger partial charge in [-0.2, -0.15) is 0 Å². The van der Waals surface area contributed by atoms with Crippen LogP contribution in [0.5, 0.6) is 0 Å². The van der Waals surface area contributed by atoms with Gasteiger partial charge in [-0.15, -0.1) is 0 Å². The van der Waals surface area contributed by atoms with Crippen molar-refractivity contribution in [3.05, 3.63) is 0 Å². The number of nitrogens with zero attached hydrogens (tertiary/aromatic N) is 1. The quantitative estimate of drug-likeness (QED) is 0.659. The Morgan fingerprint density at radius 1 is 1.38 bits per heavy atom. The minimum Gasteiger partial charge on any atom is -0.342 e. The van der Waals surface area contributed by atoms with Gasteiger partial charge in [0, 0.05) is 36.2 Å². The first-order chi connectivity index (χ1) is 6.24. The largest absolute Gasteiger partial charge is 0.342 e. The molecule has 0 aromatic carbocycles. The number of carbonyl (C=O) groups is 1. The van der Waals surface area contributed by atoms with Crippen molar-refractivity contribution >= 4 is 16.7 Å². The molecule has 1 aliphatic heterocycles. The molecule has 4 nitrogen and oxygen atoms in total. The Hall–Kier alpha value is -0.420. The molecule has 1 fully saturated rings. The molecular weight excluding hydrogens is 188 g/mol. The van der Waals surface area contributed by atoms with E-state index in [1.165, 1.54) is 0 Å². The fourth-order valence-electron chi connectivity index (χ4n) is 1.40. The molecule has 1 aliphatic rings. The maximum atomic E-state index is 11.4. The zero-order valence-electron chi connectivity index (χ0n) is 7.70. The van der Waals surface area contributed by atoms with Gasteiger partial charge in [-0.05, 0) is 12.8 Å². The predicted octanol–water partition coefficient (Wildman–Crippen LogP) is -0.684. The summed E-state index contributed by atoms with van der Waals surface area (Å²) >= 11 is 0. The highest BCUT2D eigenvalue weighted by atomic mass is 32.2. The topological polar surface area (TPSA) is 63.4 Å². The molecule has 1 unspecified atom stereocenters. The van der Waals surface area contributed by atoms with Crippen LogP contribution in [0.4, 0.5) is 0 Å². The van der Waals surface area contributed by atoms with Gasteiger partial charge in [-0.1, -0.05) is 0 Å². The number of nitrogens with two attached hydrogens (primary N) is 1. The van der Waals surface area contributed by atoms with Crippen LogP contribution in [-0.4, -0.2) is 46.2 Å². The summed E-state index contributed by atoms with van der Waals surface area (Å²) in [7, 11) is -1.06. The Morgan fingerprint density at radius 2 is 2.00 bits per heavy atom. The van der Waals surface area contributed by atoms with Crippen LogP contribution in [-0.2, 0) is 15.6 Å². The third-order valence-electron chi connectivity index (χ3n) is 2.09. The average molecular weight is 204 g/mol. The van der Waals surface area contributed by atoms with Crippen molar-refractivity contribution in [1.29, 1.82) is 0 Å². The summed E-state index contributed by atoms with van der Waals surface area (Å²) < 4.78 is 11.2. The summed E-state index contributed by atoms with van der Waals surface area (Å²) in [6.45, 7) is 2.05. The monoisotopic (exact) mass is 204 g/mol. The number of amides is 1. The van der Waals surface area contributed by atoms with E-state index in [-0.39, 0.29) is 11.7 Å². The average Bonchev–Trinajstić information content (AvgIpc) is 2.55. The highest BCUT2D eigenvalue weighted by Gasteiger charge is 2.19. The third kappa shape index (κ3) is 3.44. The highest BCUT2D eigenvalue weighted by Crippen LogP contribution is 2.07. The molecule has 1 atom stereocenters. The fourth-order valence-corrected chi connectivity index (χ4v) is 2.26. The second kappa shape index (κ2) is 5.34. The summed E-state index contributed by atoms with van der Waals surface area (Å²) in [4.78, 5) is 13.2. The molecule has 13 heavy (non-hydrogen) atoms. The Balaban J connectivity index is 2.27. The third-order valence-corrected chi connectivity index (χ3v) is 3.35. The van der Waals surface area contributed by atoms with Crippen LogP contribution in [0.3, 0.4) is 0 Å². The van der Waals surface area contributed by atoms with Gasteiger partial charge >= 0.3 is 0 Å². The van der Waals surface area contributed by atoms with Gasteiger partial charge < -0.3 is 10.6 Å². The fraction of sp³-hybridized carbons (Fsp3) is 0.875. The van der Waals surface area contributed by atoms with Crippen molar-refractivity contribution < 1.29 is 9.00 Å². The van der Waals surface area contributed by atoms with E-state index in [1.807, 2.05) is 0 Å². The summed E-state index contributed by atoms with van der Waals surface area (Å²) in [6.07, 6.45) is 2.16. The Morgan fingerprint density at radius 3 is 2.54 bits per heavy atom. The summed E-state index contributed by atoms with van der Waals surface area (Å²) in [5, 5.41) is 0. The lowest BCUT2D eigenvalue weighted by atomic mass is 10.4. The summed E-state index contributed by atoms with van der Waals surface area (Å²) in [5.74, 6) is 0.598. The van der Waals surface area contributed by atoms with E-state index in [4.69, 9.17) is 5.73 Å². The smallest absolute Gasteiger partial charge is 0.235 e. The normalized spacial score (nSPS) is 19.0. The minimum absolute atomic E-state index is 0.0179. The Kier molecular flexibility index (Phi) is 4.38. The van der Waals surface area contributed by atoms with Crippen LogP contribution < -0.4 is 5.73 Å². The van der Waals surface area contributed by atoms with Gasteiger partial charge in [0.2, 0.25) is 5.91 Å². The molecule has 76 valence electrons. The number of carbonyl (C=O) groups excluding carboxylic acids is 1. The molecular formula is C8H16N2O2S. The molecule has 0 aromatic heterocycles. The molecule has 2 N–H and O–H groups in total. The SMILES string of the molecule is NCCS(=O)CC(=O)N1CCCC1. The van der Waals surface area contributed by atoms with E-state index >= 15 is 0 Å². The van der Waals surface area contributed by atoms with Crippen molar-refractivity contribution in [2.45, 2.75) is 12.8 Å². The standard InChI is InChI=1S/C8H16N2O2S/c9-3-6-13(12)7-8(11)10-4-1-2-5-10/h1-7,9H2. The molecule has 1 saturated heterocycles. The van der Waals surface area contributed by atoms with Crippen molar-refractivity contribution in [1.82, 2.24) is 4.90 Å². The number of hydrogen-bond acceptors (Lipinski definition) is 3. The first-order valence-electron chi connectivity index (χ1n) is 4.57. The maximum absolute atomic E-state index is 11.4. The second-order valence-corrected chi connectivity index (χ2v) is 4.74. The van der Waals surface area contributed by atoms with Crippen LogP contribution in [0.15, 0.2) is 0 Å². The van der Waals surface area contributed by atoms with E-state index in [0.717, 1.165) is 25.9 Å². The van der Waals surface area contributed by atoms with Crippen LogP contribution in [0, 0.1) is 0 Å². The molecule has 5 heteroatoms. The molecule has 1 rings (SSSR count). The number of likely N-dealkylation sites (tertiary alicyclic amines) is 1. The minimum atomic E-state index is -1.06. The first-order valence-corrected chi connectivity index (χ1v) is 6.05. The maximum Gasteiger partial charge on any atom is 0.235 e.